The Morgan fingerprint density at radius 3 is 2.85 bits per heavy atom. The fourth-order valence-electron chi connectivity index (χ4n) is 1.87. The first-order chi connectivity index (χ1) is 9.70. The zero-order valence-electron chi connectivity index (χ0n) is 11.3. The molecule has 0 saturated carbocycles. The summed E-state index contributed by atoms with van der Waals surface area (Å²) in [5.41, 5.74) is 2.57. The number of benzene rings is 2. The van der Waals surface area contributed by atoms with Gasteiger partial charge in [-0.3, -0.25) is 0 Å². The van der Waals surface area contributed by atoms with E-state index in [1.807, 2.05) is 49.4 Å². The first kappa shape index (κ1) is 13.8. The quantitative estimate of drug-likeness (QED) is 0.873. The SMILES string of the molecule is Cc1cccc(CNc2cccc(OCC#N)c2)c1O. The van der Waals surface area contributed by atoms with Crippen LogP contribution in [0.5, 0.6) is 11.5 Å². The van der Waals surface area contributed by atoms with Gasteiger partial charge in [0.25, 0.3) is 0 Å². The van der Waals surface area contributed by atoms with Crippen LogP contribution in [0.4, 0.5) is 5.69 Å². The Bertz CT molecular complexity index is 633. The maximum atomic E-state index is 9.95. The summed E-state index contributed by atoms with van der Waals surface area (Å²) < 4.78 is 5.24. The molecule has 0 amide bonds. The number of phenolic OH excluding ortho intramolecular Hbond substituents is 1. The highest BCUT2D eigenvalue weighted by atomic mass is 16.5. The Labute approximate surface area is 118 Å². The Morgan fingerprint density at radius 2 is 2.05 bits per heavy atom. The average molecular weight is 268 g/mol. The molecule has 0 heterocycles. The summed E-state index contributed by atoms with van der Waals surface area (Å²) in [5.74, 6) is 0.960. The minimum Gasteiger partial charge on any atom is -0.507 e. The first-order valence-corrected chi connectivity index (χ1v) is 6.32. The molecule has 4 heteroatoms. The van der Waals surface area contributed by atoms with Crippen LogP contribution in [0, 0.1) is 18.3 Å². The molecule has 102 valence electrons. The molecule has 4 nitrogen and oxygen atoms in total. The van der Waals surface area contributed by atoms with E-state index in [-0.39, 0.29) is 6.61 Å². The molecule has 0 saturated heterocycles. The van der Waals surface area contributed by atoms with E-state index in [2.05, 4.69) is 5.32 Å². The molecule has 0 aliphatic rings. The molecule has 2 aromatic rings. The number of rotatable bonds is 5. The van der Waals surface area contributed by atoms with E-state index in [1.54, 1.807) is 6.07 Å². The van der Waals surface area contributed by atoms with Crippen LogP contribution in [0.1, 0.15) is 11.1 Å². The van der Waals surface area contributed by atoms with Gasteiger partial charge < -0.3 is 15.2 Å². The minimum atomic E-state index is 0.0299. The van der Waals surface area contributed by atoms with Gasteiger partial charge in [-0.2, -0.15) is 5.26 Å². The van der Waals surface area contributed by atoms with Gasteiger partial charge in [-0.05, 0) is 24.6 Å². The van der Waals surface area contributed by atoms with E-state index in [9.17, 15) is 5.11 Å². The molecular weight excluding hydrogens is 252 g/mol. The van der Waals surface area contributed by atoms with Crippen molar-refractivity contribution in [3.8, 4) is 17.6 Å². The molecule has 0 atom stereocenters. The van der Waals surface area contributed by atoms with Crippen molar-refractivity contribution in [3.63, 3.8) is 0 Å². The van der Waals surface area contributed by atoms with Crippen molar-refractivity contribution < 1.29 is 9.84 Å². The van der Waals surface area contributed by atoms with Crippen LogP contribution >= 0.6 is 0 Å². The lowest BCUT2D eigenvalue weighted by Gasteiger charge is -2.10. The lowest BCUT2D eigenvalue weighted by Crippen LogP contribution is -2.01. The van der Waals surface area contributed by atoms with E-state index >= 15 is 0 Å². The number of nitriles is 1. The number of aryl methyl sites for hydroxylation is 1. The summed E-state index contributed by atoms with van der Waals surface area (Å²) in [4.78, 5) is 0. The summed E-state index contributed by atoms with van der Waals surface area (Å²) in [6, 6.07) is 15.0. The van der Waals surface area contributed by atoms with Crippen LogP contribution in [0.15, 0.2) is 42.5 Å². The van der Waals surface area contributed by atoms with E-state index in [0.29, 0.717) is 18.0 Å². The van der Waals surface area contributed by atoms with Crippen LogP contribution in [0.2, 0.25) is 0 Å². The zero-order chi connectivity index (χ0) is 14.4. The third-order valence-electron chi connectivity index (χ3n) is 2.94. The zero-order valence-corrected chi connectivity index (χ0v) is 11.3. The topological polar surface area (TPSA) is 65.3 Å². The number of anilines is 1. The molecule has 2 aromatic carbocycles. The van der Waals surface area contributed by atoms with Crippen molar-refractivity contribution in [2.75, 3.05) is 11.9 Å². The van der Waals surface area contributed by atoms with Gasteiger partial charge >= 0.3 is 0 Å². The molecule has 0 spiro atoms. The molecule has 0 radical (unpaired) electrons. The number of aromatic hydroxyl groups is 1. The molecule has 20 heavy (non-hydrogen) atoms. The van der Waals surface area contributed by atoms with Crippen molar-refractivity contribution in [1.82, 2.24) is 0 Å². The van der Waals surface area contributed by atoms with Gasteiger partial charge in [-0.1, -0.05) is 24.3 Å². The number of hydrogen-bond donors (Lipinski definition) is 2. The Balaban J connectivity index is 2.04. The average Bonchev–Trinajstić information content (AvgIpc) is 2.47. The van der Waals surface area contributed by atoms with Crippen LogP contribution in [-0.4, -0.2) is 11.7 Å². The minimum absolute atomic E-state index is 0.0299. The van der Waals surface area contributed by atoms with Crippen molar-refractivity contribution >= 4 is 5.69 Å². The molecule has 0 unspecified atom stereocenters. The highest BCUT2D eigenvalue weighted by Crippen LogP contribution is 2.23. The lowest BCUT2D eigenvalue weighted by molar-refractivity contribution is 0.368. The number of nitrogens with zero attached hydrogens (tertiary/aromatic N) is 1. The monoisotopic (exact) mass is 268 g/mol. The number of phenols is 1. The summed E-state index contributed by atoms with van der Waals surface area (Å²) >= 11 is 0. The van der Waals surface area contributed by atoms with Gasteiger partial charge in [0, 0.05) is 23.9 Å². The number of para-hydroxylation sites is 1. The van der Waals surface area contributed by atoms with Gasteiger partial charge in [0.2, 0.25) is 0 Å². The highest BCUT2D eigenvalue weighted by molar-refractivity contribution is 5.50. The fourth-order valence-corrected chi connectivity index (χ4v) is 1.87. The normalized spacial score (nSPS) is 9.80. The Kier molecular flexibility index (Phi) is 4.46. The van der Waals surface area contributed by atoms with Crippen LogP contribution < -0.4 is 10.1 Å². The van der Waals surface area contributed by atoms with Crippen LogP contribution in [0.25, 0.3) is 0 Å². The van der Waals surface area contributed by atoms with Crippen molar-refractivity contribution in [1.29, 1.82) is 5.26 Å². The summed E-state index contributed by atoms with van der Waals surface area (Å²) in [7, 11) is 0. The molecule has 2 N–H and O–H groups in total. The molecule has 0 aliphatic carbocycles. The van der Waals surface area contributed by atoms with E-state index in [0.717, 1.165) is 16.8 Å². The van der Waals surface area contributed by atoms with Gasteiger partial charge in [-0.15, -0.1) is 0 Å². The summed E-state index contributed by atoms with van der Waals surface area (Å²) in [6.07, 6.45) is 0. The van der Waals surface area contributed by atoms with Crippen LogP contribution in [0.3, 0.4) is 0 Å². The summed E-state index contributed by atoms with van der Waals surface area (Å²) in [6.45, 7) is 2.42. The molecular formula is C16H16N2O2. The van der Waals surface area contributed by atoms with E-state index < -0.39 is 0 Å². The Hall–Kier alpha value is -2.67. The van der Waals surface area contributed by atoms with Gasteiger partial charge in [-0.25, -0.2) is 0 Å². The molecule has 0 aliphatic heterocycles. The third kappa shape index (κ3) is 3.42. The Morgan fingerprint density at radius 1 is 1.25 bits per heavy atom. The van der Waals surface area contributed by atoms with Crippen LogP contribution in [-0.2, 0) is 6.54 Å². The number of nitrogens with one attached hydrogen (secondary N) is 1. The second-order valence-electron chi connectivity index (χ2n) is 4.41. The molecule has 2 rings (SSSR count). The largest absolute Gasteiger partial charge is 0.507 e. The summed E-state index contributed by atoms with van der Waals surface area (Å²) in [5, 5.41) is 21.7. The van der Waals surface area contributed by atoms with E-state index in [1.165, 1.54) is 0 Å². The van der Waals surface area contributed by atoms with Gasteiger partial charge in [0.1, 0.15) is 17.6 Å². The maximum Gasteiger partial charge on any atom is 0.174 e. The second-order valence-corrected chi connectivity index (χ2v) is 4.41. The number of ether oxygens (including phenoxy) is 1. The third-order valence-corrected chi connectivity index (χ3v) is 2.94. The van der Waals surface area contributed by atoms with Gasteiger partial charge in [0.15, 0.2) is 6.61 Å². The standard InChI is InChI=1S/C16H16N2O2/c1-12-4-2-5-13(16(12)19)11-18-14-6-3-7-15(10-14)20-9-8-17/h2-7,10,18-19H,9,11H2,1H3. The first-order valence-electron chi connectivity index (χ1n) is 6.32. The molecule has 0 fully saturated rings. The lowest BCUT2D eigenvalue weighted by atomic mass is 10.1. The predicted octanol–water partition coefficient (Wildman–Crippen LogP) is 3.22. The fraction of sp³-hybridized carbons (Fsp3) is 0.188. The number of hydrogen-bond acceptors (Lipinski definition) is 4. The van der Waals surface area contributed by atoms with Gasteiger partial charge in [0.05, 0.1) is 0 Å². The molecule has 0 bridgehead atoms. The van der Waals surface area contributed by atoms with Crippen molar-refractivity contribution in [2.24, 2.45) is 0 Å². The smallest absolute Gasteiger partial charge is 0.174 e. The molecule has 0 aromatic heterocycles. The van der Waals surface area contributed by atoms with E-state index in [4.69, 9.17) is 10.00 Å². The van der Waals surface area contributed by atoms with Crippen molar-refractivity contribution in [2.45, 2.75) is 13.5 Å². The maximum absolute atomic E-state index is 9.95. The van der Waals surface area contributed by atoms with Crippen molar-refractivity contribution in [3.05, 3.63) is 53.6 Å². The predicted molar refractivity (Wildman–Crippen MR) is 77.7 cm³/mol. The highest BCUT2D eigenvalue weighted by Gasteiger charge is 2.03. The second kappa shape index (κ2) is 6.48.